The Bertz CT molecular complexity index is 593. The van der Waals surface area contributed by atoms with Crippen LogP contribution in [-0.4, -0.2) is 29.4 Å². The molecule has 23 heavy (non-hydrogen) atoms. The fourth-order valence-electron chi connectivity index (χ4n) is 2.21. The molecule has 1 heterocycles. The van der Waals surface area contributed by atoms with E-state index in [0.717, 1.165) is 30.6 Å². The van der Waals surface area contributed by atoms with Crippen molar-refractivity contribution < 1.29 is 19.5 Å². The summed E-state index contributed by atoms with van der Waals surface area (Å²) < 4.78 is 0. The summed E-state index contributed by atoms with van der Waals surface area (Å²) in [6.45, 7) is 2.41. The summed E-state index contributed by atoms with van der Waals surface area (Å²) in [5, 5.41) is 14.8. The number of rotatable bonds is 9. The van der Waals surface area contributed by atoms with Crippen molar-refractivity contribution in [1.29, 1.82) is 0 Å². The molecule has 6 nitrogen and oxygen atoms in total. The number of carboxylic acid groups (broad SMARTS) is 1. The lowest BCUT2D eigenvalue weighted by Crippen LogP contribution is -2.25. The first-order valence-corrected chi connectivity index (χ1v) is 8.70. The summed E-state index contributed by atoms with van der Waals surface area (Å²) in [4.78, 5) is 35.5. The number of carboxylic acids is 1. The summed E-state index contributed by atoms with van der Waals surface area (Å²) >= 11 is 1.41. The van der Waals surface area contributed by atoms with Crippen LogP contribution in [0.15, 0.2) is 6.07 Å². The van der Waals surface area contributed by atoms with Gasteiger partial charge in [0, 0.05) is 23.8 Å². The van der Waals surface area contributed by atoms with Crippen molar-refractivity contribution in [3.63, 3.8) is 0 Å². The first-order valence-electron chi connectivity index (χ1n) is 7.88. The van der Waals surface area contributed by atoms with E-state index in [1.807, 2.05) is 6.92 Å². The van der Waals surface area contributed by atoms with Gasteiger partial charge in [0.2, 0.25) is 5.91 Å². The van der Waals surface area contributed by atoms with Crippen molar-refractivity contribution in [3.8, 4) is 0 Å². The molecule has 0 saturated heterocycles. The lowest BCUT2D eigenvalue weighted by Gasteiger charge is -2.07. The number of nitrogens with one attached hydrogen (secondary N) is 2. The molecule has 1 fully saturated rings. The number of aliphatic carboxylic acids is 1. The second-order valence-electron chi connectivity index (χ2n) is 5.82. The fourth-order valence-corrected chi connectivity index (χ4v) is 3.12. The van der Waals surface area contributed by atoms with Gasteiger partial charge in [-0.2, -0.15) is 0 Å². The molecule has 0 atom stereocenters. The van der Waals surface area contributed by atoms with Crippen molar-refractivity contribution in [2.24, 2.45) is 5.92 Å². The van der Waals surface area contributed by atoms with E-state index in [1.54, 1.807) is 6.07 Å². The molecule has 3 N–H and O–H groups in total. The first kappa shape index (κ1) is 17.5. The quantitative estimate of drug-likeness (QED) is 0.603. The van der Waals surface area contributed by atoms with Crippen LogP contribution in [-0.2, 0) is 9.59 Å². The average Bonchev–Trinajstić information content (AvgIpc) is 3.26. The van der Waals surface area contributed by atoms with Crippen LogP contribution in [0, 0.1) is 12.8 Å². The van der Waals surface area contributed by atoms with Gasteiger partial charge in [0.15, 0.2) is 0 Å². The molecule has 7 heteroatoms. The van der Waals surface area contributed by atoms with E-state index in [9.17, 15) is 14.4 Å². The highest BCUT2D eigenvalue weighted by atomic mass is 32.1. The van der Waals surface area contributed by atoms with Crippen LogP contribution in [0.25, 0.3) is 0 Å². The van der Waals surface area contributed by atoms with Crippen molar-refractivity contribution in [2.45, 2.75) is 45.4 Å². The highest BCUT2D eigenvalue weighted by Gasteiger charge is 2.30. The van der Waals surface area contributed by atoms with E-state index in [2.05, 4.69) is 10.6 Å². The number of hydrogen-bond acceptors (Lipinski definition) is 4. The normalized spacial score (nSPS) is 13.6. The van der Waals surface area contributed by atoms with Crippen molar-refractivity contribution >= 4 is 34.1 Å². The fraction of sp³-hybridized carbons (Fsp3) is 0.562. The van der Waals surface area contributed by atoms with Gasteiger partial charge in [0.25, 0.3) is 5.91 Å². The summed E-state index contributed by atoms with van der Waals surface area (Å²) in [6.07, 6.45) is 4.13. The molecule has 1 saturated carbocycles. The van der Waals surface area contributed by atoms with Gasteiger partial charge in [0.05, 0.1) is 5.56 Å². The zero-order valence-electron chi connectivity index (χ0n) is 13.2. The molecule has 1 aromatic heterocycles. The largest absolute Gasteiger partial charge is 0.481 e. The predicted molar refractivity (Wildman–Crippen MR) is 88.8 cm³/mol. The zero-order chi connectivity index (χ0) is 16.8. The van der Waals surface area contributed by atoms with Crippen LogP contribution >= 0.6 is 11.3 Å². The van der Waals surface area contributed by atoms with Gasteiger partial charge < -0.3 is 15.7 Å². The zero-order valence-corrected chi connectivity index (χ0v) is 14.0. The van der Waals surface area contributed by atoms with Crippen LogP contribution in [0.4, 0.5) is 5.00 Å². The highest BCUT2D eigenvalue weighted by molar-refractivity contribution is 7.16. The monoisotopic (exact) mass is 338 g/mol. The lowest BCUT2D eigenvalue weighted by molar-refractivity contribution is -0.137. The van der Waals surface area contributed by atoms with Gasteiger partial charge in [0.1, 0.15) is 5.00 Å². The maximum atomic E-state index is 12.2. The Morgan fingerprint density at radius 3 is 2.65 bits per heavy atom. The average molecular weight is 338 g/mol. The Kier molecular flexibility index (Phi) is 6.15. The van der Waals surface area contributed by atoms with Crippen LogP contribution < -0.4 is 10.6 Å². The Morgan fingerprint density at radius 1 is 1.26 bits per heavy atom. The van der Waals surface area contributed by atoms with E-state index in [-0.39, 0.29) is 24.2 Å². The minimum atomic E-state index is -0.793. The molecular formula is C16H22N2O4S. The number of hydrogen-bond donors (Lipinski definition) is 3. The third-order valence-corrected chi connectivity index (χ3v) is 4.60. The minimum Gasteiger partial charge on any atom is -0.481 e. The number of unbranched alkanes of at least 4 members (excludes halogenated alkanes) is 2. The molecule has 1 aliphatic carbocycles. The SMILES string of the molecule is Cc1cc(C(=O)NCCCCCC(=O)O)c(NC(=O)C2CC2)s1. The van der Waals surface area contributed by atoms with Gasteiger partial charge in [-0.3, -0.25) is 14.4 Å². The maximum absolute atomic E-state index is 12.2. The van der Waals surface area contributed by atoms with Gasteiger partial charge >= 0.3 is 5.97 Å². The van der Waals surface area contributed by atoms with E-state index >= 15 is 0 Å². The van der Waals surface area contributed by atoms with Gasteiger partial charge in [-0.25, -0.2) is 0 Å². The summed E-state index contributed by atoms with van der Waals surface area (Å²) in [5.41, 5.74) is 0.507. The van der Waals surface area contributed by atoms with Crippen LogP contribution in [0.2, 0.25) is 0 Å². The third kappa shape index (κ3) is 5.67. The molecular weight excluding hydrogens is 316 g/mol. The Morgan fingerprint density at radius 2 is 2.00 bits per heavy atom. The van der Waals surface area contributed by atoms with E-state index < -0.39 is 5.97 Å². The van der Waals surface area contributed by atoms with Crippen molar-refractivity contribution in [1.82, 2.24) is 5.32 Å². The molecule has 0 aromatic carbocycles. The molecule has 2 rings (SSSR count). The molecule has 0 radical (unpaired) electrons. The van der Waals surface area contributed by atoms with E-state index in [4.69, 9.17) is 5.11 Å². The number of thiophene rings is 1. The minimum absolute atomic E-state index is 0.00503. The highest BCUT2D eigenvalue weighted by Crippen LogP contribution is 2.33. The second kappa shape index (κ2) is 8.10. The molecule has 1 aromatic rings. The Hall–Kier alpha value is -1.89. The van der Waals surface area contributed by atoms with E-state index in [0.29, 0.717) is 23.5 Å². The van der Waals surface area contributed by atoms with Gasteiger partial charge in [-0.15, -0.1) is 11.3 Å². The number of anilines is 1. The summed E-state index contributed by atoms with van der Waals surface area (Å²) in [6, 6.07) is 1.78. The molecule has 1 aliphatic rings. The van der Waals surface area contributed by atoms with Crippen LogP contribution in [0.5, 0.6) is 0 Å². The molecule has 126 valence electrons. The van der Waals surface area contributed by atoms with Gasteiger partial charge in [-0.05, 0) is 38.7 Å². The Balaban J connectivity index is 1.79. The molecule has 0 spiro atoms. The standard InChI is InChI=1S/C16H22N2O4S/c1-10-9-12(16(23-10)18-14(21)11-6-7-11)15(22)17-8-4-2-3-5-13(19)20/h9,11H,2-8H2,1H3,(H,17,22)(H,18,21)(H,19,20). The maximum Gasteiger partial charge on any atom is 0.303 e. The molecule has 2 amide bonds. The molecule has 0 aliphatic heterocycles. The summed E-state index contributed by atoms with van der Waals surface area (Å²) in [7, 11) is 0. The first-order chi connectivity index (χ1) is 11.0. The van der Waals surface area contributed by atoms with Crippen LogP contribution in [0.3, 0.4) is 0 Å². The van der Waals surface area contributed by atoms with Crippen LogP contribution in [0.1, 0.15) is 53.8 Å². The van der Waals surface area contributed by atoms with Crippen molar-refractivity contribution in [2.75, 3.05) is 11.9 Å². The topological polar surface area (TPSA) is 95.5 Å². The van der Waals surface area contributed by atoms with Crippen molar-refractivity contribution in [3.05, 3.63) is 16.5 Å². The summed E-state index contributed by atoms with van der Waals surface area (Å²) in [5.74, 6) is -0.894. The Labute approximate surface area is 139 Å². The third-order valence-electron chi connectivity index (χ3n) is 3.64. The number of carbonyl (C=O) groups excluding carboxylic acids is 2. The lowest BCUT2D eigenvalue weighted by atomic mass is 10.2. The number of carbonyl (C=O) groups is 3. The number of aryl methyl sites for hydroxylation is 1. The molecule has 0 bridgehead atoms. The second-order valence-corrected chi connectivity index (χ2v) is 7.08. The van der Waals surface area contributed by atoms with E-state index in [1.165, 1.54) is 11.3 Å². The molecule has 0 unspecified atom stereocenters. The van der Waals surface area contributed by atoms with Gasteiger partial charge in [-0.1, -0.05) is 6.42 Å². The number of amides is 2. The predicted octanol–water partition coefficient (Wildman–Crippen LogP) is 2.78. The smallest absolute Gasteiger partial charge is 0.303 e.